The summed E-state index contributed by atoms with van der Waals surface area (Å²) in [6.07, 6.45) is 2.36. The minimum atomic E-state index is 0.688. The summed E-state index contributed by atoms with van der Waals surface area (Å²) >= 11 is 0. The first-order valence-corrected chi connectivity index (χ1v) is 7.57. The van der Waals surface area contributed by atoms with Gasteiger partial charge in [-0.2, -0.15) is 0 Å². The number of piperazine rings is 1. The quantitative estimate of drug-likeness (QED) is 0.786. The second-order valence-electron chi connectivity index (χ2n) is 5.62. The molecule has 2 heterocycles. The van der Waals surface area contributed by atoms with Crippen molar-refractivity contribution in [1.29, 1.82) is 0 Å². The normalized spacial score (nSPS) is 28.7. The second kappa shape index (κ2) is 7.43. The maximum Gasteiger partial charge on any atom is 0.0480 e. The molecule has 106 valence electrons. The number of rotatable bonds is 5. The summed E-state index contributed by atoms with van der Waals surface area (Å²) in [7, 11) is 0. The van der Waals surface area contributed by atoms with Crippen LogP contribution in [0.4, 0.5) is 0 Å². The first-order chi connectivity index (χ1) is 8.79. The van der Waals surface area contributed by atoms with E-state index in [4.69, 9.17) is 4.74 Å². The Balaban J connectivity index is 1.59. The van der Waals surface area contributed by atoms with E-state index in [2.05, 4.69) is 29.0 Å². The van der Waals surface area contributed by atoms with Crippen molar-refractivity contribution in [3.8, 4) is 0 Å². The Labute approximate surface area is 112 Å². The Morgan fingerprint density at radius 3 is 2.67 bits per heavy atom. The molecule has 2 rings (SSSR count). The minimum absolute atomic E-state index is 0.688. The van der Waals surface area contributed by atoms with E-state index in [0.717, 1.165) is 19.8 Å². The monoisotopic (exact) mass is 255 g/mol. The van der Waals surface area contributed by atoms with Crippen LogP contribution in [0.5, 0.6) is 0 Å². The fourth-order valence-electron chi connectivity index (χ4n) is 3.07. The molecular weight excluding hydrogens is 226 g/mol. The van der Waals surface area contributed by atoms with Gasteiger partial charge in [-0.05, 0) is 26.3 Å². The van der Waals surface area contributed by atoms with E-state index in [1.165, 1.54) is 45.6 Å². The SMILES string of the molecule is CCN1CCN(CCNC2CCOCC2)CC1C. The molecule has 1 atom stereocenters. The van der Waals surface area contributed by atoms with Crippen molar-refractivity contribution in [1.82, 2.24) is 15.1 Å². The Bertz CT molecular complexity index is 231. The number of likely N-dealkylation sites (N-methyl/N-ethyl adjacent to an activating group) is 1. The predicted octanol–water partition coefficient (Wildman–Crippen LogP) is 0.781. The molecule has 0 aliphatic carbocycles. The van der Waals surface area contributed by atoms with Crippen molar-refractivity contribution in [3.05, 3.63) is 0 Å². The van der Waals surface area contributed by atoms with Gasteiger partial charge in [-0.15, -0.1) is 0 Å². The van der Waals surface area contributed by atoms with Gasteiger partial charge in [-0.1, -0.05) is 6.92 Å². The summed E-state index contributed by atoms with van der Waals surface area (Å²) in [4.78, 5) is 5.17. The first kappa shape index (κ1) is 14.3. The molecule has 0 amide bonds. The van der Waals surface area contributed by atoms with Crippen molar-refractivity contribution in [2.75, 3.05) is 52.5 Å². The van der Waals surface area contributed by atoms with Crippen molar-refractivity contribution in [2.24, 2.45) is 0 Å². The highest BCUT2D eigenvalue weighted by atomic mass is 16.5. The summed E-state index contributed by atoms with van der Waals surface area (Å²) in [5.74, 6) is 0. The van der Waals surface area contributed by atoms with Crippen molar-refractivity contribution in [2.45, 2.75) is 38.8 Å². The largest absolute Gasteiger partial charge is 0.381 e. The Hall–Kier alpha value is -0.160. The number of hydrogen-bond acceptors (Lipinski definition) is 4. The van der Waals surface area contributed by atoms with Crippen LogP contribution in [0.2, 0.25) is 0 Å². The molecule has 1 N–H and O–H groups in total. The zero-order valence-electron chi connectivity index (χ0n) is 12.0. The van der Waals surface area contributed by atoms with Crippen LogP contribution in [-0.2, 0) is 4.74 Å². The summed E-state index contributed by atoms with van der Waals surface area (Å²) in [5, 5.41) is 3.67. The van der Waals surface area contributed by atoms with E-state index < -0.39 is 0 Å². The number of nitrogens with one attached hydrogen (secondary N) is 1. The highest BCUT2D eigenvalue weighted by Gasteiger charge is 2.22. The summed E-state index contributed by atoms with van der Waals surface area (Å²) in [6, 6.07) is 1.40. The van der Waals surface area contributed by atoms with Crippen LogP contribution in [0.25, 0.3) is 0 Å². The molecular formula is C14H29N3O. The van der Waals surface area contributed by atoms with Gasteiger partial charge in [0.1, 0.15) is 0 Å². The average Bonchev–Trinajstić information content (AvgIpc) is 2.40. The third-order valence-electron chi connectivity index (χ3n) is 4.34. The van der Waals surface area contributed by atoms with Crippen LogP contribution in [-0.4, -0.2) is 74.4 Å². The standard InChI is InChI=1S/C14H29N3O/c1-3-17-9-8-16(12-13(17)2)7-6-15-14-4-10-18-11-5-14/h13-15H,3-12H2,1-2H3. The molecule has 2 aliphatic heterocycles. The second-order valence-corrected chi connectivity index (χ2v) is 5.62. The maximum absolute atomic E-state index is 5.38. The van der Waals surface area contributed by atoms with Gasteiger partial charge in [0.05, 0.1) is 0 Å². The van der Waals surface area contributed by atoms with E-state index >= 15 is 0 Å². The van der Waals surface area contributed by atoms with Gasteiger partial charge >= 0.3 is 0 Å². The van der Waals surface area contributed by atoms with Gasteiger partial charge in [0.2, 0.25) is 0 Å². The average molecular weight is 255 g/mol. The van der Waals surface area contributed by atoms with Crippen LogP contribution >= 0.6 is 0 Å². The van der Waals surface area contributed by atoms with Gasteiger partial charge in [0.15, 0.2) is 0 Å². The Morgan fingerprint density at radius 2 is 2.00 bits per heavy atom. The highest BCUT2D eigenvalue weighted by Crippen LogP contribution is 2.09. The van der Waals surface area contributed by atoms with E-state index in [1.54, 1.807) is 0 Å². The van der Waals surface area contributed by atoms with Crippen molar-refractivity contribution >= 4 is 0 Å². The molecule has 0 saturated carbocycles. The van der Waals surface area contributed by atoms with Gasteiger partial charge < -0.3 is 10.1 Å². The molecule has 0 aromatic rings. The predicted molar refractivity (Wildman–Crippen MR) is 75.0 cm³/mol. The van der Waals surface area contributed by atoms with Crippen LogP contribution in [0.1, 0.15) is 26.7 Å². The molecule has 0 aromatic carbocycles. The lowest BCUT2D eigenvalue weighted by molar-refractivity contribution is 0.0715. The summed E-state index contributed by atoms with van der Waals surface area (Å²) in [6.45, 7) is 13.7. The Morgan fingerprint density at radius 1 is 1.22 bits per heavy atom. The smallest absolute Gasteiger partial charge is 0.0480 e. The molecule has 0 bridgehead atoms. The first-order valence-electron chi connectivity index (χ1n) is 7.57. The number of nitrogens with zero attached hydrogens (tertiary/aromatic N) is 2. The Kier molecular flexibility index (Phi) is 5.89. The molecule has 0 aromatic heterocycles. The van der Waals surface area contributed by atoms with Gasteiger partial charge in [-0.25, -0.2) is 0 Å². The highest BCUT2D eigenvalue weighted by molar-refractivity contribution is 4.79. The lowest BCUT2D eigenvalue weighted by Crippen LogP contribution is -2.53. The molecule has 2 aliphatic rings. The van der Waals surface area contributed by atoms with Gasteiger partial charge in [-0.3, -0.25) is 9.80 Å². The van der Waals surface area contributed by atoms with Crippen molar-refractivity contribution < 1.29 is 4.74 Å². The van der Waals surface area contributed by atoms with E-state index in [-0.39, 0.29) is 0 Å². The molecule has 4 heteroatoms. The van der Waals surface area contributed by atoms with Crippen molar-refractivity contribution in [3.63, 3.8) is 0 Å². The maximum atomic E-state index is 5.38. The number of hydrogen-bond donors (Lipinski definition) is 1. The lowest BCUT2D eigenvalue weighted by atomic mass is 10.1. The fourth-order valence-corrected chi connectivity index (χ4v) is 3.07. The van der Waals surface area contributed by atoms with E-state index in [9.17, 15) is 0 Å². The molecule has 0 spiro atoms. The lowest BCUT2D eigenvalue weighted by Gasteiger charge is -2.39. The van der Waals surface area contributed by atoms with Crippen LogP contribution in [0.3, 0.4) is 0 Å². The number of ether oxygens (including phenoxy) is 1. The molecule has 1 unspecified atom stereocenters. The topological polar surface area (TPSA) is 27.7 Å². The molecule has 0 radical (unpaired) electrons. The molecule has 4 nitrogen and oxygen atoms in total. The zero-order valence-corrected chi connectivity index (χ0v) is 12.0. The van der Waals surface area contributed by atoms with Crippen LogP contribution < -0.4 is 5.32 Å². The van der Waals surface area contributed by atoms with Crippen LogP contribution in [0, 0.1) is 0 Å². The minimum Gasteiger partial charge on any atom is -0.381 e. The zero-order chi connectivity index (χ0) is 12.8. The van der Waals surface area contributed by atoms with E-state index in [1.807, 2.05) is 0 Å². The van der Waals surface area contributed by atoms with Gasteiger partial charge in [0, 0.05) is 58.0 Å². The van der Waals surface area contributed by atoms with E-state index in [0.29, 0.717) is 12.1 Å². The summed E-state index contributed by atoms with van der Waals surface area (Å²) < 4.78 is 5.38. The molecule has 18 heavy (non-hydrogen) atoms. The third-order valence-corrected chi connectivity index (χ3v) is 4.34. The van der Waals surface area contributed by atoms with Gasteiger partial charge in [0.25, 0.3) is 0 Å². The third kappa shape index (κ3) is 4.19. The molecule has 2 fully saturated rings. The molecule has 2 saturated heterocycles. The summed E-state index contributed by atoms with van der Waals surface area (Å²) in [5.41, 5.74) is 0. The van der Waals surface area contributed by atoms with Crippen LogP contribution in [0.15, 0.2) is 0 Å². The fraction of sp³-hybridized carbons (Fsp3) is 1.00.